The standard InChI is InChI=1S/C10H17N3O2/c1-4-8(14)5-11-10(15)9-6-12-13(3)7(9)2/h6,8,14H,4-5H2,1-3H3,(H,11,15). The summed E-state index contributed by atoms with van der Waals surface area (Å²) in [5, 5.41) is 15.9. The molecule has 1 aromatic rings. The van der Waals surface area contributed by atoms with Gasteiger partial charge >= 0.3 is 0 Å². The van der Waals surface area contributed by atoms with E-state index in [0.29, 0.717) is 12.0 Å². The number of carbonyl (C=O) groups is 1. The smallest absolute Gasteiger partial charge is 0.254 e. The lowest BCUT2D eigenvalue weighted by atomic mass is 10.2. The van der Waals surface area contributed by atoms with Gasteiger partial charge in [-0.3, -0.25) is 9.48 Å². The number of aliphatic hydroxyl groups is 1. The topological polar surface area (TPSA) is 67.2 Å². The molecule has 1 unspecified atom stereocenters. The Labute approximate surface area is 89.1 Å². The predicted molar refractivity (Wildman–Crippen MR) is 56.6 cm³/mol. The third kappa shape index (κ3) is 2.79. The minimum Gasteiger partial charge on any atom is -0.391 e. The number of nitrogens with one attached hydrogen (secondary N) is 1. The summed E-state index contributed by atoms with van der Waals surface area (Å²) in [5.74, 6) is -0.187. The molecule has 5 heteroatoms. The van der Waals surface area contributed by atoms with Crippen LogP contribution < -0.4 is 5.32 Å². The Morgan fingerprint density at radius 3 is 2.87 bits per heavy atom. The second-order valence-electron chi connectivity index (χ2n) is 3.54. The number of amides is 1. The molecule has 0 aliphatic heterocycles. The van der Waals surface area contributed by atoms with Gasteiger partial charge < -0.3 is 10.4 Å². The number of hydrogen-bond donors (Lipinski definition) is 2. The third-order valence-corrected chi connectivity index (χ3v) is 2.45. The summed E-state index contributed by atoms with van der Waals surface area (Å²) in [6.07, 6.45) is 1.68. The molecular weight excluding hydrogens is 194 g/mol. The molecule has 1 rings (SSSR count). The first-order chi connectivity index (χ1) is 7.06. The van der Waals surface area contributed by atoms with E-state index in [2.05, 4.69) is 10.4 Å². The Bertz CT molecular complexity index is 346. The highest BCUT2D eigenvalue weighted by Crippen LogP contribution is 2.04. The number of aliphatic hydroxyl groups excluding tert-OH is 1. The van der Waals surface area contributed by atoms with Crippen LogP contribution in [-0.4, -0.2) is 33.4 Å². The fourth-order valence-electron chi connectivity index (χ4n) is 1.17. The van der Waals surface area contributed by atoms with Crippen LogP contribution in [0.2, 0.25) is 0 Å². The van der Waals surface area contributed by atoms with Crippen molar-refractivity contribution in [2.75, 3.05) is 6.54 Å². The van der Waals surface area contributed by atoms with Gasteiger partial charge in [0.1, 0.15) is 0 Å². The SMILES string of the molecule is CCC(O)CNC(=O)c1cnn(C)c1C. The van der Waals surface area contributed by atoms with Crippen LogP contribution in [0.15, 0.2) is 6.20 Å². The van der Waals surface area contributed by atoms with E-state index in [1.54, 1.807) is 11.7 Å². The molecule has 1 amide bonds. The van der Waals surface area contributed by atoms with Gasteiger partial charge in [-0.25, -0.2) is 0 Å². The lowest BCUT2D eigenvalue weighted by Gasteiger charge is -2.08. The van der Waals surface area contributed by atoms with Crippen molar-refractivity contribution in [1.29, 1.82) is 0 Å². The van der Waals surface area contributed by atoms with Crippen LogP contribution in [0, 0.1) is 6.92 Å². The first kappa shape index (κ1) is 11.7. The lowest BCUT2D eigenvalue weighted by Crippen LogP contribution is -2.31. The van der Waals surface area contributed by atoms with Gasteiger partial charge in [-0.15, -0.1) is 0 Å². The fourth-order valence-corrected chi connectivity index (χ4v) is 1.17. The summed E-state index contributed by atoms with van der Waals surface area (Å²) in [5.41, 5.74) is 1.37. The Morgan fingerprint density at radius 2 is 2.40 bits per heavy atom. The van der Waals surface area contributed by atoms with Gasteiger partial charge in [-0.1, -0.05) is 6.92 Å². The Morgan fingerprint density at radius 1 is 1.73 bits per heavy atom. The first-order valence-electron chi connectivity index (χ1n) is 5.01. The van der Waals surface area contributed by atoms with E-state index < -0.39 is 6.10 Å². The highest BCUT2D eigenvalue weighted by molar-refractivity contribution is 5.95. The molecule has 1 heterocycles. The Balaban J connectivity index is 2.58. The van der Waals surface area contributed by atoms with Gasteiger partial charge in [0.05, 0.1) is 17.9 Å². The van der Waals surface area contributed by atoms with E-state index in [4.69, 9.17) is 0 Å². The molecule has 1 atom stereocenters. The summed E-state index contributed by atoms with van der Waals surface area (Å²) in [4.78, 5) is 11.6. The monoisotopic (exact) mass is 211 g/mol. The Kier molecular flexibility index (Phi) is 3.85. The molecule has 0 saturated carbocycles. The predicted octanol–water partition coefficient (Wildman–Crippen LogP) is 0.229. The van der Waals surface area contributed by atoms with Crippen LogP contribution in [0.3, 0.4) is 0 Å². The molecule has 0 aromatic carbocycles. The second kappa shape index (κ2) is 4.93. The molecule has 15 heavy (non-hydrogen) atoms. The fraction of sp³-hybridized carbons (Fsp3) is 0.600. The minimum atomic E-state index is -0.481. The number of aromatic nitrogens is 2. The number of aryl methyl sites for hydroxylation is 1. The van der Waals surface area contributed by atoms with Crippen LogP contribution in [0.1, 0.15) is 29.4 Å². The van der Waals surface area contributed by atoms with Crippen molar-refractivity contribution in [3.05, 3.63) is 17.5 Å². The molecule has 0 bridgehead atoms. The maximum absolute atomic E-state index is 11.6. The highest BCUT2D eigenvalue weighted by atomic mass is 16.3. The van der Waals surface area contributed by atoms with Crippen LogP contribution >= 0.6 is 0 Å². The molecule has 5 nitrogen and oxygen atoms in total. The van der Waals surface area contributed by atoms with Crippen molar-refractivity contribution < 1.29 is 9.90 Å². The van der Waals surface area contributed by atoms with E-state index >= 15 is 0 Å². The van der Waals surface area contributed by atoms with Crippen molar-refractivity contribution in [2.24, 2.45) is 7.05 Å². The molecule has 0 radical (unpaired) electrons. The Hall–Kier alpha value is -1.36. The summed E-state index contributed by atoms with van der Waals surface area (Å²) in [6.45, 7) is 3.98. The van der Waals surface area contributed by atoms with Gasteiger partial charge in [-0.05, 0) is 13.3 Å². The highest BCUT2D eigenvalue weighted by Gasteiger charge is 2.13. The van der Waals surface area contributed by atoms with Crippen LogP contribution in [0.4, 0.5) is 0 Å². The summed E-state index contributed by atoms with van der Waals surface area (Å²) < 4.78 is 1.64. The van der Waals surface area contributed by atoms with E-state index in [9.17, 15) is 9.90 Å². The quantitative estimate of drug-likeness (QED) is 0.749. The third-order valence-electron chi connectivity index (χ3n) is 2.45. The van der Waals surface area contributed by atoms with Crippen molar-refractivity contribution in [1.82, 2.24) is 15.1 Å². The minimum absolute atomic E-state index is 0.187. The van der Waals surface area contributed by atoms with Crippen molar-refractivity contribution in [2.45, 2.75) is 26.4 Å². The molecule has 0 saturated heterocycles. The normalized spacial score (nSPS) is 12.5. The average molecular weight is 211 g/mol. The molecule has 0 fully saturated rings. The van der Waals surface area contributed by atoms with Crippen molar-refractivity contribution in [3.63, 3.8) is 0 Å². The maximum Gasteiger partial charge on any atom is 0.254 e. The van der Waals surface area contributed by atoms with Gasteiger partial charge in [-0.2, -0.15) is 5.10 Å². The second-order valence-corrected chi connectivity index (χ2v) is 3.54. The van der Waals surface area contributed by atoms with Crippen LogP contribution in [0.25, 0.3) is 0 Å². The lowest BCUT2D eigenvalue weighted by molar-refractivity contribution is 0.0913. The van der Waals surface area contributed by atoms with Gasteiger partial charge in [0, 0.05) is 19.3 Å². The maximum atomic E-state index is 11.6. The number of carbonyl (C=O) groups excluding carboxylic acids is 1. The molecule has 1 aromatic heterocycles. The van der Waals surface area contributed by atoms with Crippen molar-refractivity contribution in [3.8, 4) is 0 Å². The largest absolute Gasteiger partial charge is 0.391 e. The van der Waals surface area contributed by atoms with Crippen molar-refractivity contribution >= 4 is 5.91 Å². The van der Waals surface area contributed by atoms with Gasteiger partial charge in [0.15, 0.2) is 0 Å². The van der Waals surface area contributed by atoms with Gasteiger partial charge in [0.25, 0.3) is 5.91 Å². The molecule has 2 N–H and O–H groups in total. The number of hydrogen-bond acceptors (Lipinski definition) is 3. The summed E-state index contributed by atoms with van der Waals surface area (Å²) >= 11 is 0. The summed E-state index contributed by atoms with van der Waals surface area (Å²) in [6, 6.07) is 0. The average Bonchev–Trinajstić information content (AvgIpc) is 2.56. The molecule has 0 aliphatic rings. The molecular formula is C10H17N3O2. The van der Waals surface area contributed by atoms with E-state index in [1.165, 1.54) is 6.20 Å². The first-order valence-corrected chi connectivity index (χ1v) is 5.01. The van der Waals surface area contributed by atoms with Gasteiger partial charge in [0.2, 0.25) is 0 Å². The van der Waals surface area contributed by atoms with Crippen LogP contribution in [-0.2, 0) is 7.05 Å². The zero-order valence-electron chi connectivity index (χ0n) is 9.32. The van der Waals surface area contributed by atoms with E-state index in [0.717, 1.165) is 5.69 Å². The molecule has 84 valence electrons. The van der Waals surface area contributed by atoms with E-state index in [-0.39, 0.29) is 12.5 Å². The molecule has 0 spiro atoms. The number of rotatable bonds is 4. The number of nitrogens with zero attached hydrogens (tertiary/aromatic N) is 2. The summed E-state index contributed by atoms with van der Waals surface area (Å²) in [7, 11) is 1.78. The zero-order valence-corrected chi connectivity index (χ0v) is 9.32. The zero-order chi connectivity index (χ0) is 11.4. The van der Waals surface area contributed by atoms with Crippen LogP contribution in [0.5, 0.6) is 0 Å². The van der Waals surface area contributed by atoms with E-state index in [1.807, 2.05) is 13.8 Å². The molecule has 0 aliphatic carbocycles.